The highest BCUT2D eigenvalue weighted by Crippen LogP contribution is 2.62. The fourth-order valence-electron chi connectivity index (χ4n) is 7.28. The predicted octanol–water partition coefficient (Wildman–Crippen LogP) is 5.18. The molecule has 2 unspecified atom stereocenters. The molecule has 0 radical (unpaired) electrons. The molecule has 0 aromatic carbocycles. The van der Waals surface area contributed by atoms with Crippen LogP contribution >= 0.6 is 0 Å². The number of hydrogen-bond acceptors (Lipinski definition) is 6. The van der Waals surface area contributed by atoms with Gasteiger partial charge in [0.1, 0.15) is 23.2 Å². The lowest BCUT2D eigenvalue weighted by molar-refractivity contribution is -0.217. The second kappa shape index (κ2) is 7.69. The first kappa shape index (κ1) is 21.9. The quantitative estimate of drug-likeness (QED) is 0.584. The highest BCUT2D eigenvalue weighted by atomic mass is 16.6. The average Bonchev–Trinajstić information content (AvgIpc) is 3.66. The molecule has 3 aliphatic carbocycles. The molecule has 1 aliphatic heterocycles. The van der Waals surface area contributed by atoms with Crippen molar-refractivity contribution in [3.63, 3.8) is 0 Å². The fraction of sp³-hybridized carbons (Fsp3) is 0.607. The van der Waals surface area contributed by atoms with E-state index in [4.69, 9.17) is 13.9 Å². The van der Waals surface area contributed by atoms with E-state index in [0.29, 0.717) is 35.3 Å². The molecule has 0 bridgehead atoms. The summed E-state index contributed by atoms with van der Waals surface area (Å²) in [4.78, 5) is 30.1. The molecular weight excluding hydrogens is 430 g/mol. The number of ether oxygens (including phenoxy) is 2. The van der Waals surface area contributed by atoms with Gasteiger partial charge in [-0.3, -0.25) is 9.78 Å². The van der Waals surface area contributed by atoms with E-state index < -0.39 is 5.60 Å². The highest BCUT2D eigenvalue weighted by Gasteiger charge is 2.64. The van der Waals surface area contributed by atoms with Crippen LogP contribution in [0.2, 0.25) is 0 Å². The zero-order valence-electron chi connectivity index (χ0n) is 20.2. The van der Waals surface area contributed by atoms with E-state index in [9.17, 15) is 9.59 Å². The first-order valence-electron chi connectivity index (χ1n) is 12.8. The van der Waals surface area contributed by atoms with E-state index >= 15 is 0 Å². The first-order valence-corrected chi connectivity index (χ1v) is 12.8. The van der Waals surface area contributed by atoms with Gasteiger partial charge in [-0.25, -0.2) is 4.79 Å². The second-order valence-electron chi connectivity index (χ2n) is 11.4. The number of nitrogens with zero attached hydrogens (tertiary/aromatic N) is 1. The largest absolute Gasteiger partial charge is 0.483 e. The van der Waals surface area contributed by atoms with Crippen molar-refractivity contribution in [1.29, 1.82) is 0 Å². The number of esters is 1. The van der Waals surface area contributed by atoms with Crippen molar-refractivity contribution in [3.8, 4) is 17.1 Å². The summed E-state index contributed by atoms with van der Waals surface area (Å²) >= 11 is 0. The van der Waals surface area contributed by atoms with Gasteiger partial charge in [0.15, 0.2) is 0 Å². The van der Waals surface area contributed by atoms with Crippen LogP contribution in [-0.4, -0.2) is 22.7 Å². The Morgan fingerprint density at radius 3 is 2.79 bits per heavy atom. The molecule has 0 N–H and O–H groups in total. The molecule has 0 amide bonds. The fourth-order valence-corrected chi connectivity index (χ4v) is 7.28. The van der Waals surface area contributed by atoms with Crippen molar-refractivity contribution in [3.05, 3.63) is 46.6 Å². The monoisotopic (exact) mass is 463 g/mol. The van der Waals surface area contributed by atoms with Gasteiger partial charge in [-0.2, -0.15) is 0 Å². The zero-order chi connectivity index (χ0) is 23.7. The third-order valence-corrected chi connectivity index (χ3v) is 9.37. The summed E-state index contributed by atoms with van der Waals surface area (Å²) in [5, 5.41) is 0. The maximum Gasteiger partial charge on any atom is 0.343 e. The summed E-state index contributed by atoms with van der Waals surface area (Å²) in [7, 11) is 0. The molecule has 6 heteroatoms. The highest BCUT2D eigenvalue weighted by molar-refractivity contribution is 5.75. The maximum atomic E-state index is 13.2. The maximum absolute atomic E-state index is 13.2. The van der Waals surface area contributed by atoms with Crippen molar-refractivity contribution >= 4 is 5.97 Å². The lowest BCUT2D eigenvalue weighted by Gasteiger charge is -2.62. The predicted molar refractivity (Wildman–Crippen MR) is 126 cm³/mol. The molecule has 3 heterocycles. The summed E-state index contributed by atoms with van der Waals surface area (Å²) in [6.45, 7) is 6.80. The topological polar surface area (TPSA) is 78.6 Å². The molecular formula is C28H33NO5. The summed E-state index contributed by atoms with van der Waals surface area (Å²) in [6.07, 6.45) is 9.74. The SMILES string of the molecule is C[C@H]1CCC[C@@]2(C)C1C[C@H](OC(=O)C1CC1)[C@@]1(C)Oc3cc(-c4cccnc4)oc(=O)c3CC21. The summed E-state index contributed by atoms with van der Waals surface area (Å²) in [5.74, 6) is 2.00. The lowest BCUT2D eigenvalue weighted by atomic mass is 9.47. The van der Waals surface area contributed by atoms with Gasteiger partial charge in [0.05, 0.1) is 11.5 Å². The van der Waals surface area contributed by atoms with Crippen LogP contribution in [0.25, 0.3) is 11.3 Å². The third kappa shape index (κ3) is 3.32. The van der Waals surface area contributed by atoms with E-state index in [0.717, 1.165) is 31.2 Å². The van der Waals surface area contributed by atoms with Gasteiger partial charge in [0, 0.05) is 29.9 Å². The van der Waals surface area contributed by atoms with Crippen molar-refractivity contribution in [2.75, 3.05) is 0 Å². The average molecular weight is 464 g/mol. The minimum absolute atomic E-state index is 0.0149. The van der Waals surface area contributed by atoms with Gasteiger partial charge in [0.25, 0.3) is 0 Å². The van der Waals surface area contributed by atoms with Gasteiger partial charge in [-0.1, -0.05) is 26.7 Å². The van der Waals surface area contributed by atoms with Crippen molar-refractivity contribution in [1.82, 2.24) is 4.98 Å². The third-order valence-electron chi connectivity index (χ3n) is 9.37. The lowest BCUT2D eigenvalue weighted by Crippen LogP contribution is -2.67. The molecule has 0 saturated heterocycles. The Kier molecular flexibility index (Phi) is 4.95. The Hall–Kier alpha value is -2.63. The molecule has 6 atom stereocenters. The molecule has 3 saturated carbocycles. The van der Waals surface area contributed by atoms with Crippen LogP contribution in [0.3, 0.4) is 0 Å². The number of aromatic nitrogens is 1. The van der Waals surface area contributed by atoms with Crippen molar-refractivity contribution in [2.45, 2.75) is 77.4 Å². The number of pyridine rings is 1. The number of rotatable bonds is 3. The smallest absolute Gasteiger partial charge is 0.343 e. The first-order chi connectivity index (χ1) is 16.3. The summed E-state index contributed by atoms with van der Waals surface area (Å²) in [5.41, 5.74) is 0.301. The van der Waals surface area contributed by atoms with E-state index in [2.05, 4.69) is 25.8 Å². The van der Waals surface area contributed by atoms with Crippen LogP contribution in [0.15, 0.2) is 39.8 Å². The summed E-state index contributed by atoms with van der Waals surface area (Å²) < 4.78 is 18.7. The minimum atomic E-state index is -0.695. The molecule has 2 aromatic rings. The van der Waals surface area contributed by atoms with Crippen molar-refractivity contribution in [2.24, 2.45) is 29.1 Å². The van der Waals surface area contributed by atoms with Gasteiger partial charge in [-0.15, -0.1) is 0 Å². The number of carbonyl (C=O) groups excluding carboxylic acids is 1. The molecule has 180 valence electrons. The second-order valence-corrected chi connectivity index (χ2v) is 11.4. The van der Waals surface area contributed by atoms with E-state index in [1.165, 1.54) is 12.8 Å². The van der Waals surface area contributed by atoms with Crippen LogP contribution < -0.4 is 10.4 Å². The number of hydrogen-bond donors (Lipinski definition) is 0. The minimum Gasteiger partial charge on any atom is -0.483 e. The van der Waals surface area contributed by atoms with E-state index in [1.54, 1.807) is 12.4 Å². The Morgan fingerprint density at radius 2 is 2.06 bits per heavy atom. The molecule has 4 aliphatic rings. The van der Waals surface area contributed by atoms with Gasteiger partial charge in [-0.05, 0) is 68.4 Å². The van der Waals surface area contributed by atoms with E-state index in [1.807, 2.05) is 18.2 Å². The standard InChI is InChI=1S/C28H33NO5/c1-16-6-4-10-27(2)20(16)13-24(33-25(30)17-8-9-17)28(3)23(27)12-19-22(34-28)14-21(32-26(19)31)18-7-5-11-29-15-18/h5,7,11,14-17,20,23-24H,4,6,8-10,12-13H2,1-3H3/t16-,20?,23?,24-,27-,28-/m0/s1. The number of carbonyl (C=O) groups is 1. The molecule has 3 fully saturated rings. The molecule has 6 nitrogen and oxygen atoms in total. The summed E-state index contributed by atoms with van der Waals surface area (Å²) in [6, 6.07) is 5.49. The Balaban J connectivity index is 1.44. The Labute approximate surface area is 200 Å². The van der Waals surface area contributed by atoms with Gasteiger partial charge < -0.3 is 13.9 Å². The van der Waals surface area contributed by atoms with Crippen LogP contribution in [-0.2, 0) is 16.0 Å². The zero-order valence-corrected chi connectivity index (χ0v) is 20.2. The van der Waals surface area contributed by atoms with Gasteiger partial charge >= 0.3 is 11.6 Å². The Morgan fingerprint density at radius 1 is 1.24 bits per heavy atom. The number of fused-ring (bicyclic) bond motifs is 4. The Bertz CT molecular complexity index is 1170. The van der Waals surface area contributed by atoms with Crippen LogP contribution in [0, 0.1) is 29.1 Å². The molecule has 2 aromatic heterocycles. The van der Waals surface area contributed by atoms with Crippen LogP contribution in [0.4, 0.5) is 0 Å². The van der Waals surface area contributed by atoms with Crippen LogP contribution in [0.5, 0.6) is 5.75 Å². The van der Waals surface area contributed by atoms with Gasteiger partial charge in [0.2, 0.25) is 0 Å². The normalized spacial score (nSPS) is 36.4. The molecule has 0 spiro atoms. The molecule has 34 heavy (non-hydrogen) atoms. The van der Waals surface area contributed by atoms with Crippen molar-refractivity contribution < 1.29 is 18.7 Å². The van der Waals surface area contributed by atoms with Crippen LogP contribution in [0.1, 0.15) is 64.9 Å². The molecule has 6 rings (SSSR count). The van der Waals surface area contributed by atoms with E-state index in [-0.39, 0.29) is 34.9 Å².